The van der Waals surface area contributed by atoms with Crippen molar-refractivity contribution in [3.63, 3.8) is 0 Å². The predicted octanol–water partition coefficient (Wildman–Crippen LogP) is 1.87. The van der Waals surface area contributed by atoms with Crippen LogP contribution in [-0.4, -0.2) is 48.2 Å². The molecular weight excluding hydrogens is 316 g/mol. The van der Waals surface area contributed by atoms with Gasteiger partial charge in [-0.3, -0.25) is 4.79 Å². The number of carbonyl (C=O) groups excluding carboxylic acids is 1. The van der Waals surface area contributed by atoms with Crippen LogP contribution in [-0.2, 0) is 18.4 Å². The van der Waals surface area contributed by atoms with Crippen LogP contribution >= 0.6 is 0 Å². The number of hydrogen-bond donors (Lipinski definition) is 0. The molecule has 0 N–H and O–H groups in total. The fourth-order valence-electron chi connectivity index (χ4n) is 3.89. The van der Waals surface area contributed by atoms with Crippen molar-refractivity contribution in [2.45, 2.75) is 51.5 Å². The van der Waals surface area contributed by atoms with Gasteiger partial charge < -0.3 is 14.0 Å². The number of nitrogens with zero attached hydrogens (tertiary/aromatic N) is 6. The molecule has 0 spiro atoms. The molecule has 0 radical (unpaired) electrons. The van der Waals surface area contributed by atoms with E-state index in [4.69, 9.17) is 0 Å². The molecule has 2 fully saturated rings. The van der Waals surface area contributed by atoms with Crippen LogP contribution in [0.3, 0.4) is 0 Å². The van der Waals surface area contributed by atoms with E-state index in [9.17, 15) is 4.79 Å². The Balaban J connectivity index is 1.47. The highest BCUT2D eigenvalue weighted by Crippen LogP contribution is 2.32. The summed E-state index contributed by atoms with van der Waals surface area (Å²) in [6.07, 6.45) is 9.22. The van der Waals surface area contributed by atoms with Crippen LogP contribution in [0, 0.1) is 12.8 Å². The van der Waals surface area contributed by atoms with Crippen molar-refractivity contribution in [3.05, 3.63) is 29.9 Å². The second-order valence-corrected chi connectivity index (χ2v) is 7.39. The Kier molecular flexibility index (Phi) is 4.31. The van der Waals surface area contributed by atoms with Crippen LogP contribution in [0.4, 0.5) is 0 Å². The van der Waals surface area contributed by atoms with Crippen LogP contribution in [0.15, 0.2) is 12.4 Å². The van der Waals surface area contributed by atoms with Crippen molar-refractivity contribution in [1.29, 1.82) is 0 Å². The lowest BCUT2D eigenvalue weighted by atomic mass is 9.83. The Morgan fingerprint density at radius 3 is 2.76 bits per heavy atom. The maximum absolute atomic E-state index is 12.6. The number of amides is 1. The summed E-state index contributed by atoms with van der Waals surface area (Å²) in [5.41, 5.74) is 0. The zero-order valence-corrected chi connectivity index (χ0v) is 15.1. The molecule has 2 aromatic heterocycles. The Morgan fingerprint density at radius 2 is 2.08 bits per heavy atom. The number of carbonyl (C=O) groups is 1. The van der Waals surface area contributed by atoms with Crippen LogP contribution in [0.5, 0.6) is 0 Å². The summed E-state index contributed by atoms with van der Waals surface area (Å²) >= 11 is 0. The van der Waals surface area contributed by atoms with Crippen molar-refractivity contribution >= 4 is 5.91 Å². The second kappa shape index (κ2) is 6.61. The van der Waals surface area contributed by atoms with Gasteiger partial charge in [0.05, 0.1) is 6.54 Å². The molecule has 1 aliphatic carbocycles. The zero-order valence-electron chi connectivity index (χ0n) is 15.1. The molecule has 0 aromatic carbocycles. The third kappa shape index (κ3) is 3.07. The number of piperidine rings is 1. The smallest absolute Gasteiger partial charge is 0.225 e. The first-order valence-electron chi connectivity index (χ1n) is 9.28. The molecule has 0 bridgehead atoms. The van der Waals surface area contributed by atoms with Gasteiger partial charge >= 0.3 is 0 Å². The molecular formula is C18H26N6O. The minimum Gasteiger partial charge on any atom is -0.342 e. The lowest BCUT2D eigenvalue weighted by molar-refractivity contribution is -0.139. The van der Waals surface area contributed by atoms with E-state index in [1.54, 1.807) is 6.20 Å². The standard InChI is InChI=1S/C18H26N6O/c1-13-19-8-10-23(13)12-16-20-21-17(22(16)2)15-7-4-9-24(11-15)18(25)14-5-3-6-14/h8,10,14-15H,3-7,9,11-12H2,1-2H3/t15-/m1/s1. The molecule has 7 heteroatoms. The molecule has 1 atom stereocenters. The first kappa shape index (κ1) is 16.3. The van der Waals surface area contributed by atoms with E-state index in [0.717, 1.165) is 56.2 Å². The molecule has 2 aromatic rings. The molecule has 0 unspecified atom stereocenters. The summed E-state index contributed by atoms with van der Waals surface area (Å²) in [5, 5.41) is 8.86. The van der Waals surface area contributed by atoms with Crippen molar-refractivity contribution in [2.75, 3.05) is 13.1 Å². The third-order valence-electron chi connectivity index (χ3n) is 5.79. The monoisotopic (exact) mass is 342 g/mol. The lowest BCUT2D eigenvalue weighted by Crippen LogP contribution is -2.44. The predicted molar refractivity (Wildman–Crippen MR) is 93.0 cm³/mol. The van der Waals surface area contributed by atoms with E-state index >= 15 is 0 Å². The van der Waals surface area contributed by atoms with Crippen LogP contribution < -0.4 is 0 Å². The summed E-state index contributed by atoms with van der Waals surface area (Å²) in [5.74, 6) is 3.82. The van der Waals surface area contributed by atoms with Gasteiger partial charge in [0.25, 0.3) is 0 Å². The van der Waals surface area contributed by atoms with Crippen molar-refractivity contribution in [1.82, 2.24) is 29.2 Å². The number of hydrogen-bond acceptors (Lipinski definition) is 4. The van der Waals surface area contributed by atoms with E-state index in [2.05, 4.69) is 29.2 Å². The summed E-state index contributed by atoms with van der Waals surface area (Å²) < 4.78 is 4.17. The summed E-state index contributed by atoms with van der Waals surface area (Å²) in [4.78, 5) is 18.9. The topological polar surface area (TPSA) is 68.8 Å². The Labute approximate surface area is 148 Å². The molecule has 1 amide bonds. The van der Waals surface area contributed by atoms with Crippen LogP contribution in [0.2, 0.25) is 0 Å². The molecule has 7 nitrogen and oxygen atoms in total. The number of likely N-dealkylation sites (tertiary alicyclic amines) is 1. The Morgan fingerprint density at radius 1 is 1.24 bits per heavy atom. The van der Waals surface area contributed by atoms with Gasteiger partial charge in [0.15, 0.2) is 5.82 Å². The van der Waals surface area contributed by atoms with Gasteiger partial charge in [-0.1, -0.05) is 6.42 Å². The molecule has 4 rings (SSSR count). The number of rotatable bonds is 4. The molecule has 2 aliphatic rings. The van der Waals surface area contributed by atoms with E-state index in [1.807, 2.05) is 20.2 Å². The van der Waals surface area contributed by atoms with Gasteiger partial charge in [-0.2, -0.15) is 0 Å². The first-order valence-corrected chi connectivity index (χ1v) is 9.28. The first-order chi connectivity index (χ1) is 12.1. The van der Waals surface area contributed by atoms with Gasteiger partial charge in [-0.15, -0.1) is 10.2 Å². The fraction of sp³-hybridized carbons (Fsp3) is 0.667. The number of imidazole rings is 1. The molecule has 3 heterocycles. The Hall–Kier alpha value is -2.18. The minimum absolute atomic E-state index is 0.276. The number of aromatic nitrogens is 5. The lowest BCUT2D eigenvalue weighted by Gasteiger charge is -2.36. The molecule has 1 aliphatic heterocycles. The summed E-state index contributed by atoms with van der Waals surface area (Å²) in [6, 6.07) is 0. The maximum Gasteiger partial charge on any atom is 0.225 e. The van der Waals surface area contributed by atoms with Crippen molar-refractivity contribution in [2.24, 2.45) is 13.0 Å². The SMILES string of the molecule is Cc1nccn1Cc1nnc([C@@H]2CCCN(C(=O)C3CCC3)C2)n1C. The quantitative estimate of drug-likeness (QED) is 0.851. The van der Waals surface area contributed by atoms with Gasteiger partial charge in [0.2, 0.25) is 5.91 Å². The van der Waals surface area contributed by atoms with E-state index in [-0.39, 0.29) is 11.8 Å². The van der Waals surface area contributed by atoms with Gasteiger partial charge in [0, 0.05) is 44.4 Å². The average molecular weight is 342 g/mol. The highest BCUT2D eigenvalue weighted by molar-refractivity contribution is 5.79. The fourth-order valence-corrected chi connectivity index (χ4v) is 3.89. The number of aryl methyl sites for hydroxylation is 1. The third-order valence-corrected chi connectivity index (χ3v) is 5.79. The molecule has 25 heavy (non-hydrogen) atoms. The second-order valence-electron chi connectivity index (χ2n) is 7.39. The minimum atomic E-state index is 0.276. The summed E-state index contributed by atoms with van der Waals surface area (Å²) in [6.45, 7) is 4.34. The van der Waals surface area contributed by atoms with Crippen LogP contribution in [0.25, 0.3) is 0 Å². The molecule has 1 saturated heterocycles. The normalized spacial score (nSPS) is 21.4. The van der Waals surface area contributed by atoms with E-state index < -0.39 is 0 Å². The van der Waals surface area contributed by atoms with Crippen LogP contribution in [0.1, 0.15) is 55.5 Å². The van der Waals surface area contributed by atoms with Gasteiger partial charge in [0.1, 0.15) is 11.6 Å². The van der Waals surface area contributed by atoms with E-state index in [1.165, 1.54) is 6.42 Å². The molecule has 134 valence electrons. The summed E-state index contributed by atoms with van der Waals surface area (Å²) in [7, 11) is 2.03. The molecule has 1 saturated carbocycles. The average Bonchev–Trinajstić information content (AvgIpc) is 3.13. The van der Waals surface area contributed by atoms with Crippen molar-refractivity contribution in [3.8, 4) is 0 Å². The highest BCUT2D eigenvalue weighted by Gasteiger charge is 2.33. The Bertz CT molecular complexity index is 759. The van der Waals surface area contributed by atoms with Gasteiger partial charge in [-0.05, 0) is 32.6 Å². The van der Waals surface area contributed by atoms with E-state index in [0.29, 0.717) is 12.5 Å². The van der Waals surface area contributed by atoms with Gasteiger partial charge in [-0.25, -0.2) is 4.98 Å². The maximum atomic E-state index is 12.6. The zero-order chi connectivity index (χ0) is 17.4. The van der Waals surface area contributed by atoms with Crippen molar-refractivity contribution < 1.29 is 4.79 Å². The highest BCUT2D eigenvalue weighted by atomic mass is 16.2. The largest absolute Gasteiger partial charge is 0.342 e.